The number of H-pyrrole nitrogens is 1. The SMILES string of the molecule is NCCC(=O)N[C@@H](Cc1c[nH]c2ccccc12)C(=O)N[C@@H](Cc1ccc(-c2ccccc2)cc1)C(=O)N[C@@H](CCCCN=C(N)N)C(N)=O. The minimum absolute atomic E-state index is 0.0266. The Bertz CT molecular complexity index is 1730. The first kappa shape index (κ1) is 36.2. The smallest absolute Gasteiger partial charge is 0.243 e. The molecule has 0 aliphatic rings. The number of carbonyl (C=O) groups is 4. The molecule has 1 heterocycles. The third-order valence-corrected chi connectivity index (χ3v) is 8.11. The van der Waals surface area contributed by atoms with Crippen molar-refractivity contribution >= 4 is 40.5 Å². The molecule has 12 N–H and O–H groups in total. The molecular weight excluding hydrogens is 622 g/mol. The van der Waals surface area contributed by atoms with E-state index in [1.807, 2.05) is 78.9 Å². The molecule has 0 aliphatic heterocycles. The Balaban J connectivity index is 1.56. The maximum Gasteiger partial charge on any atom is 0.243 e. The van der Waals surface area contributed by atoms with Gasteiger partial charge in [-0.2, -0.15) is 0 Å². The van der Waals surface area contributed by atoms with Crippen LogP contribution >= 0.6 is 0 Å². The van der Waals surface area contributed by atoms with Gasteiger partial charge in [0, 0.05) is 49.5 Å². The number of hydrogen-bond acceptors (Lipinski definition) is 6. The number of unbranched alkanes of at least 4 members (excludes halogenated alkanes) is 1. The minimum atomic E-state index is -1.10. The summed E-state index contributed by atoms with van der Waals surface area (Å²) in [5.74, 6) is -2.29. The number of rotatable bonds is 18. The van der Waals surface area contributed by atoms with Crippen molar-refractivity contribution < 1.29 is 19.2 Å². The van der Waals surface area contributed by atoms with Gasteiger partial charge in [-0.3, -0.25) is 24.2 Å². The number of guanidine groups is 1. The van der Waals surface area contributed by atoms with E-state index < -0.39 is 41.8 Å². The van der Waals surface area contributed by atoms with Gasteiger partial charge >= 0.3 is 0 Å². The van der Waals surface area contributed by atoms with Crippen molar-refractivity contribution in [3.8, 4) is 11.1 Å². The molecule has 4 aromatic rings. The number of hydrogen-bond donors (Lipinski definition) is 8. The summed E-state index contributed by atoms with van der Waals surface area (Å²) in [5, 5.41) is 9.26. The van der Waals surface area contributed by atoms with Crippen molar-refractivity contribution in [1.29, 1.82) is 0 Å². The van der Waals surface area contributed by atoms with Crippen molar-refractivity contribution in [3.63, 3.8) is 0 Å². The highest BCUT2D eigenvalue weighted by molar-refractivity contribution is 5.95. The van der Waals surface area contributed by atoms with Gasteiger partial charge in [-0.05, 0) is 47.6 Å². The van der Waals surface area contributed by atoms with Crippen LogP contribution in [-0.2, 0) is 32.0 Å². The monoisotopic (exact) mass is 667 g/mol. The van der Waals surface area contributed by atoms with Gasteiger partial charge in [-0.1, -0.05) is 72.8 Å². The van der Waals surface area contributed by atoms with Gasteiger partial charge in [-0.15, -0.1) is 0 Å². The average Bonchev–Trinajstić information content (AvgIpc) is 3.50. The molecule has 0 aliphatic carbocycles. The van der Waals surface area contributed by atoms with Crippen LogP contribution in [0, 0.1) is 0 Å². The Hall–Kier alpha value is -5.69. The Labute approximate surface area is 285 Å². The van der Waals surface area contributed by atoms with Crippen LogP contribution in [0.2, 0.25) is 0 Å². The highest BCUT2D eigenvalue weighted by Crippen LogP contribution is 2.21. The Morgan fingerprint density at radius 2 is 1.35 bits per heavy atom. The highest BCUT2D eigenvalue weighted by Gasteiger charge is 2.30. The van der Waals surface area contributed by atoms with Crippen LogP contribution in [0.4, 0.5) is 0 Å². The second kappa shape index (κ2) is 18.0. The number of carbonyl (C=O) groups excluding carboxylic acids is 4. The molecule has 0 fully saturated rings. The Morgan fingerprint density at radius 1 is 0.714 bits per heavy atom. The van der Waals surface area contributed by atoms with E-state index in [4.69, 9.17) is 22.9 Å². The summed E-state index contributed by atoms with van der Waals surface area (Å²) in [6, 6.07) is 22.0. The standard InChI is InChI=1S/C36H45N9O4/c37-18-17-32(46)43-31(21-26-22-42-28-11-5-4-10-27(26)28)35(49)45-30(20-23-13-15-25(16-14-23)24-8-2-1-3-9-24)34(48)44-29(33(38)47)12-6-7-19-41-36(39)40/h1-5,8-11,13-16,22,29-31,42H,6-7,12,17-21,37H2,(H2,38,47)(H,43,46)(H,44,48)(H,45,49)(H4,39,40,41)/t29-,30-,31-/m0/s1. The lowest BCUT2D eigenvalue weighted by Gasteiger charge is -2.25. The molecule has 0 radical (unpaired) electrons. The van der Waals surface area contributed by atoms with Crippen LogP contribution in [0.15, 0.2) is 90.1 Å². The zero-order chi connectivity index (χ0) is 35.2. The zero-order valence-corrected chi connectivity index (χ0v) is 27.4. The quantitative estimate of drug-likeness (QED) is 0.0440. The molecule has 4 rings (SSSR count). The molecule has 4 amide bonds. The summed E-state index contributed by atoms with van der Waals surface area (Å²) in [4.78, 5) is 59.9. The van der Waals surface area contributed by atoms with E-state index in [1.165, 1.54) is 0 Å². The van der Waals surface area contributed by atoms with Crippen molar-refractivity contribution in [2.24, 2.45) is 27.9 Å². The summed E-state index contributed by atoms with van der Waals surface area (Å²) < 4.78 is 0. The molecule has 3 atom stereocenters. The molecule has 13 heteroatoms. The molecule has 3 aromatic carbocycles. The lowest BCUT2D eigenvalue weighted by molar-refractivity contribution is -0.133. The first-order valence-corrected chi connectivity index (χ1v) is 16.3. The van der Waals surface area contributed by atoms with Crippen LogP contribution in [0.25, 0.3) is 22.0 Å². The van der Waals surface area contributed by atoms with Crippen molar-refractivity contribution in [3.05, 3.63) is 96.2 Å². The number of primary amides is 1. The predicted octanol–water partition coefficient (Wildman–Crippen LogP) is 1.35. The van der Waals surface area contributed by atoms with Gasteiger partial charge in [0.2, 0.25) is 23.6 Å². The van der Waals surface area contributed by atoms with Gasteiger partial charge in [0.15, 0.2) is 5.96 Å². The van der Waals surface area contributed by atoms with Crippen LogP contribution in [0.3, 0.4) is 0 Å². The number of benzene rings is 3. The second-order valence-corrected chi connectivity index (χ2v) is 11.8. The number of nitrogens with one attached hydrogen (secondary N) is 4. The minimum Gasteiger partial charge on any atom is -0.370 e. The van der Waals surface area contributed by atoms with Gasteiger partial charge < -0.3 is 43.9 Å². The van der Waals surface area contributed by atoms with Crippen molar-refractivity contribution in [1.82, 2.24) is 20.9 Å². The van der Waals surface area contributed by atoms with E-state index in [1.54, 1.807) is 6.20 Å². The topological polar surface area (TPSA) is 237 Å². The molecule has 0 spiro atoms. The lowest BCUT2D eigenvalue weighted by Crippen LogP contribution is -2.57. The molecule has 1 aromatic heterocycles. The van der Waals surface area contributed by atoms with E-state index >= 15 is 0 Å². The zero-order valence-electron chi connectivity index (χ0n) is 27.4. The van der Waals surface area contributed by atoms with Crippen LogP contribution in [0.5, 0.6) is 0 Å². The first-order valence-electron chi connectivity index (χ1n) is 16.3. The molecule has 0 bridgehead atoms. The van der Waals surface area contributed by atoms with Gasteiger partial charge in [0.05, 0.1) is 0 Å². The Kier molecular flexibility index (Phi) is 13.3. The lowest BCUT2D eigenvalue weighted by atomic mass is 9.99. The van der Waals surface area contributed by atoms with Gasteiger partial charge in [-0.25, -0.2) is 0 Å². The molecule has 0 saturated heterocycles. The van der Waals surface area contributed by atoms with Crippen molar-refractivity contribution in [2.45, 2.75) is 56.7 Å². The number of para-hydroxylation sites is 1. The molecular formula is C36H45N9O4. The Morgan fingerprint density at radius 3 is 2.02 bits per heavy atom. The highest BCUT2D eigenvalue weighted by atomic mass is 16.2. The maximum absolute atomic E-state index is 13.9. The van der Waals surface area contributed by atoms with Gasteiger partial charge in [0.1, 0.15) is 18.1 Å². The largest absolute Gasteiger partial charge is 0.370 e. The summed E-state index contributed by atoms with van der Waals surface area (Å²) in [7, 11) is 0. The number of amides is 4. The molecule has 0 saturated carbocycles. The number of nitrogens with two attached hydrogens (primary N) is 4. The molecule has 13 nitrogen and oxygen atoms in total. The third kappa shape index (κ3) is 10.9. The number of nitrogens with zero attached hydrogens (tertiary/aromatic N) is 1. The van der Waals surface area contributed by atoms with Crippen LogP contribution in [0.1, 0.15) is 36.8 Å². The fraction of sp³-hybridized carbons (Fsp3) is 0.306. The summed E-state index contributed by atoms with van der Waals surface area (Å²) in [6.45, 7) is 0.477. The van der Waals surface area contributed by atoms with E-state index in [0.717, 1.165) is 33.2 Å². The first-order chi connectivity index (χ1) is 23.6. The second-order valence-electron chi connectivity index (χ2n) is 11.8. The fourth-order valence-electron chi connectivity index (χ4n) is 5.53. The molecule has 0 unspecified atom stereocenters. The van der Waals surface area contributed by atoms with Gasteiger partial charge in [0.25, 0.3) is 0 Å². The van der Waals surface area contributed by atoms with Crippen LogP contribution in [-0.4, -0.2) is 65.8 Å². The number of aromatic amines is 1. The number of fused-ring (bicyclic) bond motifs is 1. The van der Waals surface area contributed by atoms with E-state index in [0.29, 0.717) is 19.4 Å². The van der Waals surface area contributed by atoms with E-state index in [9.17, 15) is 19.2 Å². The third-order valence-electron chi connectivity index (χ3n) is 8.11. The molecule has 258 valence electrons. The summed E-state index contributed by atoms with van der Waals surface area (Å²) >= 11 is 0. The van der Waals surface area contributed by atoms with Crippen molar-refractivity contribution in [2.75, 3.05) is 13.1 Å². The summed E-state index contributed by atoms with van der Waals surface area (Å²) in [6.07, 6.45) is 3.44. The fourth-order valence-corrected chi connectivity index (χ4v) is 5.53. The van der Waals surface area contributed by atoms with E-state index in [-0.39, 0.29) is 38.2 Å². The normalized spacial score (nSPS) is 12.8. The summed E-state index contributed by atoms with van der Waals surface area (Å²) in [5.41, 5.74) is 26.5. The number of aromatic nitrogens is 1. The van der Waals surface area contributed by atoms with E-state index in [2.05, 4.69) is 25.9 Å². The average molecular weight is 668 g/mol. The molecule has 49 heavy (non-hydrogen) atoms. The maximum atomic E-state index is 13.9. The van der Waals surface area contributed by atoms with Crippen LogP contribution < -0.4 is 38.9 Å². The predicted molar refractivity (Wildman–Crippen MR) is 191 cm³/mol. The number of aliphatic imine (C=N–C) groups is 1.